The maximum atomic E-state index is 12.6. The largest absolute Gasteiger partial charge is 0.481 e. The van der Waals surface area contributed by atoms with Gasteiger partial charge in [0.1, 0.15) is 0 Å². The van der Waals surface area contributed by atoms with E-state index in [1.54, 1.807) is 0 Å². The number of ether oxygens (including phenoxy) is 2. The van der Waals surface area contributed by atoms with E-state index in [1.807, 2.05) is 54.6 Å². The highest BCUT2D eigenvalue weighted by atomic mass is 16.7. The molecule has 286 valence electrons. The molecule has 8 heteroatoms. The average Bonchev–Trinajstić information content (AvgIpc) is 3.22. The molecule has 1 saturated heterocycles. The lowest BCUT2D eigenvalue weighted by Gasteiger charge is -2.38. The third kappa shape index (κ3) is 12.2. The van der Waals surface area contributed by atoms with Crippen LogP contribution >= 0.6 is 0 Å². The predicted octanol–water partition coefficient (Wildman–Crippen LogP) is 9.14. The van der Waals surface area contributed by atoms with Crippen molar-refractivity contribution in [3.05, 3.63) is 167 Å². The number of nitrogens with one attached hydrogen (secondary N) is 1. The van der Waals surface area contributed by atoms with Crippen LogP contribution in [-0.4, -0.2) is 39.6 Å². The second-order valence-corrected chi connectivity index (χ2v) is 14.4. The Hall–Kier alpha value is -5.12. The molecule has 0 spiro atoms. The van der Waals surface area contributed by atoms with E-state index in [0.717, 1.165) is 72.3 Å². The van der Waals surface area contributed by atoms with Gasteiger partial charge in [0.15, 0.2) is 6.29 Å². The molecule has 1 fully saturated rings. The molecule has 1 heterocycles. The predicted molar refractivity (Wildman–Crippen MR) is 214 cm³/mol. The molecule has 0 radical (unpaired) electrons. The third-order valence-corrected chi connectivity index (χ3v) is 10.1. The lowest BCUT2D eigenvalue weighted by Crippen LogP contribution is -2.39. The number of amides is 1. The number of rotatable bonds is 19. The summed E-state index contributed by atoms with van der Waals surface area (Å²) in [5.74, 6) is -0.780. The molecule has 0 aromatic heterocycles. The number of aliphatic carboxylic acids is 1. The van der Waals surface area contributed by atoms with Crippen LogP contribution in [0.5, 0.6) is 0 Å². The number of carbonyl (C=O) groups excluding carboxylic acids is 1. The van der Waals surface area contributed by atoms with Gasteiger partial charge >= 0.3 is 5.97 Å². The van der Waals surface area contributed by atoms with Gasteiger partial charge in [0.05, 0.1) is 18.8 Å². The number of carboxylic acid groups (broad SMARTS) is 1. The van der Waals surface area contributed by atoms with E-state index in [2.05, 4.69) is 89.1 Å². The molecule has 55 heavy (non-hydrogen) atoms. The van der Waals surface area contributed by atoms with Gasteiger partial charge in [-0.2, -0.15) is 0 Å². The first-order valence-corrected chi connectivity index (χ1v) is 19.4. The Morgan fingerprint density at radius 2 is 1.25 bits per heavy atom. The van der Waals surface area contributed by atoms with E-state index in [0.29, 0.717) is 25.8 Å². The van der Waals surface area contributed by atoms with Crippen LogP contribution in [-0.2, 0) is 45.3 Å². The summed E-state index contributed by atoms with van der Waals surface area (Å²) in [6.07, 6.45) is 3.46. The van der Waals surface area contributed by atoms with Crippen molar-refractivity contribution in [1.29, 1.82) is 0 Å². The van der Waals surface area contributed by atoms with Gasteiger partial charge in [-0.25, -0.2) is 0 Å². The summed E-state index contributed by atoms with van der Waals surface area (Å²) in [4.78, 5) is 25.8. The SMILES string of the molecule is O=C(O)CCCCCCC(=O)NCc1ccccc1-c1ccc(C2OC(CN(Cc3ccccc3)Cc3ccccc3)CC(c3ccc(CO)cc3)O2)cc1. The smallest absolute Gasteiger partial charge is 0.303 e. The number of hydrogen-bond acceptors (Lipinski definition) is 6. The first-order chi connectivity index (χ1) is 26.9. The highest BCUT2D eigenvalue weighted by molar-refractivity contribution is 5.76. The van der Waals surface area contributed by atoms with Gasteiger partial charge in [0.2, 0.25) is 5.91 Å². The first kappa shape index (κ1) is 39.6. The van der Waals surface area contributed by atoms with Crippen molar-refractivity contribution < 1.29 is 29.3 Å². The molecule has 6 rings (SSSR count). The maximum Gasteiger partial charge on any atom is 0.303 e. The summed E-state index contributed by atoms with van der Waals surface area (Å²) in [7, 11) is 0. The van der Waals surface area contributed by atoms with Crippen LogP contribution in [0.3, 0.4) is 0 Å². The van der Waals surface area contributed by atoms with Crippen molar-refractivity contribution in [3.63, 3.8) is 0 Å². The lowest BCUT2D eigenvalue weighted by atomic mass is 9.97. The minimum atomic E-state index is -0.776. The second-order valence-electron chi connectivity index (χ2n) is 14.4. The van der Waals surface area contributed by atoms with Crippen LogP contribution in [0, 0.1) is 0 Å². The molecular weight excluding hydrogens is 689 g/mol. The number of benzene rings is 5. The fourth-order valence-electron chi connectivity index (χ4n) is 7.16. The van der Waals surface area contributed by atoms with Crippen LogP contribution in [0.2, 0.25) is 0 Å². The molecule has 3 atom stereocenters. The molecule has 1 aliphatic rings. The molecule has 1 aliphatic heterocycles. The van der Waals surface area contributed by atoms with Crippen molar-refractivity contribution >= 4 is 11.9 Å². The molecule has 3 N–H and O–H groups in total. The number of unbranched alkanes of at least 4 members (excludes halogenated alkanes) is 3. The molecule has 5 aromatic rings. The fraction of sp³-hybridized carbons (Fsp3) is 0.319. The highest BCUT2D eigenvalue weighted by Crippen LogP contribution is 2.39. The Kier molecular flexibility index (Phi) is 14.8. The number of carboxylic acids is 1. The molecule has 5 aromatic carbocycles. The van der Waals surface area contributed by atoms with E-state index in [1.165, 1.54) is 11.1 Å². The Labute approximate surface area is 324 Å². The zero-order valence-corrected chi connectivity index (χ0v) is 31.4. The molecule has 3 unspecified atom stereocenters. The Balaban J connectivity index is 1.15. The monoisotopic (exact) mass is 740 g/mol. The average molecular weight is 741 g/mol. The first-order valence-electron chi connectivity index (χ1n) is 19.4. The Morgan fingerprint density at radius 3 is 1.89 bits per heavy atom. The second kappa shape index (κ2) is 20.5. The van der Waals surface area contributed by atoms with Gasteiger partial charge in [0, 0.05) is 51.0 Å². The summed E-state index contributed by atoms with van der Waals surface area (Å²) in [6.45, 7) is 2.72. The molecule has 8 nitrogen and oxygen atoms in total. The van der Waals surface area contributed by atoms with E-state index in [-0.39, 0.29) is 31.1 Å². The summed E-state index contributed by atoms with van der Waals surface area (Å²) in [6, 6.07) is 45.5. The summed E-state index contributed by atoms with van der Waals surface area (Å²) < 4.78 is 13.5. The quantitative estimate of drug-likeness (QED) is 0.0725. The van der Waals surface area contributed by atoms with E-state index < -0.39 is 12.3 Å². The molecule has 0 saturated carbocycles. The standard InChI is InChI=1S/C47H52N2O6/c50-34-37-21-23-39(24-22-37)44-29-42(33-49(31-35-13-5-3-6-14-35)32-36-15-7-4-8-16-36)54-47(55-44)40-27-25-38(26-28-40)43-18-12-11-17-41(43)30-48-45(51)19-9-1-2-10-20-46(52)53/h3-8,11-18,21-28,42,44,47,50H,1-2,9-10,19-20,29-34H2,(H,48,51)(H,52,53). The van der Waals surface area contributed by atoms with Gasteiger partial charge < -0.3 is 25.0 Å². The minimum Gasteiger partial charge on any atom is -0.481 e. The van der Waals surface area contributed by atoms with Gasteiger partial charge in [-0.15, -0.1) is 0 Å². The van der Waals surface area contributed by atoms with Crippen LogP contribution in [0.1, 0.15) is 90.7 Å². The molecular formula is C47H52N2O6. The van der Waals surface area contributed by atoms with Gasteiger partial charge in [-0.1, -0.05) is 146 Å². The zero-order chi connectivity index (χ0) is 38.2. The Bertz CT molecular complexity index is 1880. The van der Waals surface area contributed by atoms with Gasteiger partial charge in [0.25, 0.3) is 0 Å². The normalized spacial score (nSPS) is 16.9. The number of aliphatic hydroxyl groups is 1. The Morgan fingerprint density at radius 1 is 0.655 bits per heavy atom. The lowest BCUT2D eigenvalue weighted by molar-refractivity contribution is -0.253. The fourth-order valence-corrected chi connectivity index (χ4v) is 7.16. The van der Waals surface area contributed by atoms with E-state index >= 15 is 0 Å². The van der Waals surface area contributed by atoms with Gasteiger partial charge in [-0.3, -0.25) is 14.5 Å². The van der Waals surface area contributed by atoms with Crippen LogP contribution in [0.25, 0.3) is 11.1 Å². The van der Waals surface area contributed by atoms with Crippen molar-refractivity contribution in [2.75, 3.05) is 6.54 Å². The van der Waals surface area contributed by atoms with E-state index in [9.17, 15) is 14.7 Å². The zero-order valence-electron chi connectivity index (χ0n) is 31.4. The van der Waals surface area contributed by atoms with Crippen LogP contribution < -0.4 is 5.32 Å². The third-order valence-electron chi connectivity index (χ3n) is 10.1. The van der Waals surface area contributed by atoms with Crippen molar-refractivity contribution in [2.24, 2.45) is 0 Å². The van der Waals surface area contributed by atoms with Crippen molar-refractivity contribution in [3.8, 4) is 11.1 Å². The molecule has 0 aliphatic carbocycles. The highest BCUT2D eigenvalue weighted by Gasteiger charge is 2.33. The number of carbonyl (C=O) groups is 2. The summed E-state index contributed by atoms with van der Waals surface area (Å²) >= 11 is 0. The number of aliphatic hydroxyl groups excluding tert-OH is 1. The topological polar surface area (TPSA) is 108 Å². The number of nitrogens with zero attached hydrogens (tertiary/aromatic N) is 1. The summed E-state index contributed by atoms with van der Waals surface area (Å²) in [5, 5.41) is 21.5. The van der Waals surface area contributed by atoms with Crippen LogP contribution in [0.4, 0.5) is 0 Å². The van der Waals surface area contributed by atoms with Crippen molar-refractivity contribution in [1.82, 2.24) is 10.2 Å². The molecule has 1 amide bonds. The van der Waals surface area contributed by atoms with Crippen molar-refractivity contribution in [2.45, 2.75) is 89.7 Å². The number of hydrogen-bond donors (Lipinski definition) is 3. The van der Waals surface area contributed by atoms with E-state index in [4.69, 9.17) is 14.6 Å². The van der Waals surface area contributed by atoms with Gasteiger partial charge in [-0.05, 0) is 51.8 Å². The maximum absolute atomic E-state index is 12.6. The minimum absolute atomic E-state index is 0.00352. The summed E-state index contributed by atoms with van der Waals surface area (Å²) in [5.41, 5.74) is 8.45. The van der Waals surface area contributed by atoms with Crippen LogP contribution in [0.15, 0.2) is 133 Å². The molecule has 0 bridgehead atoms.